The molecule has 2 rings (SSSR count). The molecule has 116 valence electrons. The monoisotopic (exact) mass is 310 g/mol. The van der Waals surface area contributed by atoms with Crippen molar-refractivity contribution in [1.29, 1.82) is 5.26 Å². The Morgan fingerprint density at radius 1 is 1.17 bits per heavy atom. The Labute approximate surface area is 133 Å². The summed E-state index contributed by atoms with van der Waals surface area (Å²) in [6.45, 7) is -0.210. The van der Waals surface area contributed by atoms with Crippen LogP contribution in [-0.4, -0.2) is 25.6 Å². The second-order valence-corrected chi connectivity index (χ2v) is 4.54. The minimum Gasteiger partial charge on any atom is -0.482 e. The number of hydrogen-bond acceptors (Lipinski definition) is 5. The van der Waals surface area contributed by atoms with Crippen LogP contribution in [0.25, 0.3) is 0 Å². The van der Waals surface area contributed by atoms with Crippen LogP contribution in [0, 0.1) is 11.3 Å². The predicted octanol–water partition coefficient (Wildman–Crippen LogP) is 2.36. The van der Waals surface area contributed by atoms with E-state index < -0.39 is 5.97 Å². The highest BCUT2D eigenvalue weighted by molar-refractivity contribution is 6.04. The highest BCUT2D eigenvalue weighted by Crippen LogP contribution is 2.18. The molecular formula is C17H14N2O4. The number of amides is 1. The molecule has 2 aromatic rings. The standard InChI is InChI=1S/C17H14N2O4/c1-22-16(20)11-23-15-7-3-6-14(9-15)19-17(21)13-5-2-4-12(8-13)10-18/h2-9H,11H2,1H3,(H,19,21). The molecule has 23 heavy (non-hydrogen) atoms. The minimum absolute atomic E-state index is 0.210. The Kier molecular flexibility index (Phi) is 5.31. The van der Waals surface area contributed by atoms with Crippen molar-refractivity contribution in [2.45, 2.75) is 0 Å². The lowest BCUT2D eigenvalue weighted by atomic mass is 10.1. The zero-order valence-electron chi connectivity index (χ0n) is 12.4. The van der Waals surface area contributed by atoms with Crippen LogP contribution in [-0.2, 0) is 9.53 Å². The molecule has 0 aliphatic carbocycles. The van der Waals surface area contributed by atoms with Crippen LogP contribution >= 0.6 is 0 Å². The summed E-state index contributed by atoms with van der Waals surface area (Å²) in [5, 5.41) is 11.6. The van der Waals surface area contributed by atoms with Gasteiger partial charge in [-0.3, -0.25) is 4.79 Å². The number of esters is 1. The zero-order valence-corrected chi connectivity index (χ0v) is 12.4. The van der Waals surface area contributed by atoms with Gasteiger partial charge in [0, 0.05) is 17.3 Å². The van der Waals surface area contributed by atoms with Crippen molar-refractivity contribution < 1.29 is 19.1 Å². The lowest BCUT2D eigenvalue weighted by molar-refractivity contribution is -0.142. The smallest absolute Gasteiger partial charge is 0.343 e. The maximum Gasteiger partial charge on any atom is 0.343 e. The molecule has 1 amide bonds. The van der Waals surface area contributed by atoms with Crippen molar-refractivity contribution in [1.82, 2.24) is 0 Å². The van der Waals surface area contributed by atoms with Gasteiger partial charge in [0.1, 0.15) is 5.75 Å². The fourth-order valence-corrected chi connectivity index (χ4v) is 1.80. The van der Waals surface area contributed by atoms with Crippen molar-refractivity contribution in [2.24, 2.45) is 0 Å². The molecule has 0 aliphatic heterocycles. The SMILES string of the molecule is COC(=O)COc1cccc(NC(=O)c2cccc(C#N)c2)c1. The van der Waals surface area contributed by atoms with Gasteiger partial charge in [0.05, 0.1) is 18.7 Å². The number of carbonyl (C=O) groups excluding carboxylic acids is 2. The van der Waals surface area contributed by atoms with Gasteiger partial charge in [-0.1, -0.05) is 12.1 Å². The summed E-state index contributed by atoms with van der Waals surface area (Å²) in [5.41, 5.74) is 1.30. The van der Waals surface area contributed by atoms with E-state index in [0.29, 0.717) is 22.6 Å². The van der Waals surface area contributed by atoms with Crippen LogP contribution in [0.2, 0.25) is 0 Å². The van der Waals surface area contributed by atoms with E-state index in [1.165, 1.54) is 13.2 Å². The van der Waals surface area contributed by atoms with Gasteiger partial charge in [-0.2, -0.15) is 5.26 Å². The maximum absolute atomic E-state index is 12.2. The third kappa shape index (κ3) is 4.58. The average Bonchev–Trinajstić information content (AvgIpc) is 2.60. The first-order valence-electron chi connectivity index (χ1n) is 6.73. The number of nitriles is 1. The molecule has 0 aliphatic rings. The van der Waals surface area contributed by atoms with Crippen LogP contribution in [0.3, 0.4) is 0 Å². The molecular weight excluding hydrogens is 296 g/mol. The number of nitrogens with zero attached hydrogens (tertiary/aromatic N) is 1. The first kappa shape index (κ1) is 16.0. The molecule has 0 heterocycles. The summed E-state index contributed by atoms with van der Waals surface area (Å²) in [5.74, 6) is -0.404. The molecule has 0 atom stereocenters. The highest BCUT2D eigenvalue weighted by atomic mass is 16.6. The van der Waals surface area contributed by atoms with Crippen LogP contribution in [0.1, 0.15) is 15.9 Å². The fourth-order valence-electron chi connectivity index (χ4n) is 1.80. The summed E-state index contributed by atoms with van der Waals surface area (Å²) in [6, 6.07) is 15.0. The van der Waals surface area contributed by atoms with Crippen molar-refractivity contribution in [3.8, 4) is 11.8 Å². The number of nitrogens with one attached hydrogen (secondary N) is 1. The maximum atomic E-state index is 12.2. The van der Waals surface area contributed by atoms with E-state index in [9.17, 15) is 9.59 Å². The number of hydrogen-bond donors (Lipinski definition) is 1. The average molecular weight is 310 g/mol. The summed E-state index contributed by atoms with van der Waals surface area (Å²) >= 11 is 0. The Balaban J connectivity index is 2.06. The summed E-state index contributed by atoms with van der Waals surface area (Å²) in [4.78, 5) is 23.2. The van der Waals surface area contributed by atoms with Crippen LogP contribution < -0.4 is 10.1 Å². The Morgan fingerprint density at radius 2 is 1.96 bits per heavy atom. The molecule has 6 nitrogen and oxygen atoms in total. The Morgan fingerprint density at radius 3 is 2.70 bits per heavy atom. The molecule has 0 radical (unpaired) electrons. The van der Waals surface area contributed by atoms with E-state index in [2.05, 4.69) is 10.1 Å². The van der Waals surface area contributed by atoms with E-state index in [4.69, 9.17) is 10.00 Å². The molecule has 0 saturated heterocycles. The number of rotatable bonds is 5. The molecule has 0 spiro atoms. The fraction of sp³-hybridized carbons (Fsp3) is 0.118. The van der Waals surface area contributed by atoms with E-state index in [-0.39, 0.29) is 12.5 Å². The molecule has 0 aromatic heterocycles. The minimum atomic E-state index is -0.493. The van der Waals surface area contributed by atoms with Crippen molar-refractivity contribution in [3.63, 3.8) is 0 Å². The van der Waals surface area contributed by atoms with Crippen LogP contribution in [0.4, 0.5) is 5.69 Å². The number of methoxy groups -OCH3 is 1. The topological polar surface area (TPSA) is 88.4 Å². The third-order valence-electron chi connectivity index (χ3n) is 2.93. The number of benzene rings is 2. The van der Waals surface area contributed by atoms with E-state index in [0.717, 1.165) is 0 Å². The molecule has 0 unspecified atom stereocenters. The van der Waals surface area contributed by atoms with E-state index in [1.54, 1.807) is 42.5 Å². The predicted molar refractivity (Wildman–Crippen MR) is 83.1 cm³/mol. The molecule has 0 fully saturated rings. The highest BCUT2D eigenvalue weighted by Gasteiger charge is 2.08. The molecule has 0 bridgehead atoms. The Hall–Kier alpha value is -3.33. The second-order valence-electron chi connectivity index (χ2n) is 4.54. The first-order valence-corrected chi connectivity index (χ1v) is 6.73. The molecule has 2 aromatic carbocycles. The van der Waals surface area contributed by atoms with Crippen LogP contribution in [0.15, 0.2) is 48.5 Å². The summed E-state index contributed by atoms with van der Waals surface area (Å²) in [6.07, 6.45) is 0. The Bertz CT molecular complexity index is 765. The van der Waals surface area contributed by atoms with Gasteiger partial charge in [-0.15, -0.1) is 0 Å². The summed E-state index contributed by atoms with van der Waals surface area (Å²) in [7, 11) is 1.28. The first-order chi connectivity index (χ1) is 11.1. The zero-order chi connectivity index (χ0) is 16.7. The number of carbonyl (C=O) groups is 2. The number of ether oxygens (including phenoxy) is 2. The van der Waals surface area contributed by atoms with E-state index in [1.807, 2.05) is 6.07 Å². The lowest BCUT2D eigenvalue weighted by Gasteiger charge is -2.08. The van der Waals surface area contributed by atoms with Gasteiger partial charge < -0.3 is 14.8 Å². The quantitative estimate of drug-likeness (QED) is 0.856. The molecule has 6 heteroatoms. The van der Waals surface area contributed by atoms with Gasteiger partial charge in [-0.05, 0) is 30.3 Å². The van der Waals surface area contributed by atoms with E-state index >= 15 is 0 Å². The molecule has 1 N–H and O–H groups in total. The van der Waals surface area contributed by atoms with Gasteiger partial charge in [-0.25, -0.2) is 4.79 Å². The van der Waals surface area contributed by atoms with Gasteiger partial charge in [0.2, 0.25) is 0 Å². The normalized spacial score (nSPS) is 9.57. The van der Waals surface area contributed by atoms with Gasteiger partial charge >= 0.3 is 5.97 Å². The summed E-state index contributed by atoms with van der Waals surface area (Å²) < 4.78 is 9.74. The largest absolute Gasteiger partial charge is 0.482 e. The molecule has 0 saturated carbocycles. The van der Waals surface area contributed by atoms with Gasteiger partial charge in [0.25, 0.3) is 5.91 Å². The van der Waals surface area contributed by atoms with Crippen LogP contribution in [0.5, 0.6) is 5.75 Å². The number of anilines is 1. The third-order valence-corrected chi connectivity index (χ3v) is 2.93. The van der Waals surface area contributed by atoms with Gasteiger partial charge in [0.15, 0.2) is 6.61 Å². The second kappa shape index (κ2) is 7.61. The van der Waals surface area contributed by atoms with Crippen molar-refractivity contribution in [3.05, 3.63) is 59.7 Å². The van der Waals surface area contributed by atoms with Crippen molar-refractivity contribution in [2.75, 3.05) is 19.0 Å². The lowest BCUT2D eigenvalue weighted by Crippen LogP contribution is -2.14. The van der Waals surface area contributed by atoms with Crippen molar-refractivity contribution >= 4 is 17.6 Å².